The molecule has 2 rings (SSSR count). The summed E-state index contributed by atoms with van der Waals surface area (Å²) < 4.78 is 6.55. The Morgan fingerprint density at radius 3 is 2.58 bits per heavy atom. The van der Waals surface area contributed by atoms with E-state index in [0.29, 0.717) is 30.9 Å². The molecule has 100 valence electrons. The summed E-state index contributed by atoms with van der Waals surface area (Å²) in [7, 11) is 1.54. The predicted molar refractivity (Wildman–Crippen MR) is 85.1 cm³/mol. The first-order valence-corrected chi connectivity index (χ1v) is 7.67. The highest BCUT2D eigenvalue weighted by atomic mass is 79.9. The van der Waals surface area contributed by atoms with E-state index in [2.05, 4.69) is 37.2 Å². The van der Waals surface area contributed by atoms with Crippen LogP contribution in [0, 0.1) is 0 Å². The third-order valence-corrected chi connectivity index (χ3v) is 4.50. The van der Waals surface area contributed by atoms with Crippen LogP contribution in [0.2, 0.25) is 0 Å². The van der Waals surface area contributed by atoms with Crippen molar-refractivity contribution in [2.24, 2.45) is 0 Å². The molecule has 0 bridgehead atoms. The number of rotatable bonds is 3. The van der Waals surface area contributed by atoms with Crippen LogP contribution >= 0.6 is 43.2 Å². The molecular formula is C12H10Br2N2O2S. The van der Waals surface area contributed by atoms with Gasteiger partial charge in [-0.3, -0.25) is 4.79 Å². The maximum atomic E-state index is 12.2. The van der Waals surface area contributed by atoms with Crippen LogP contribution in [-0.2, 0) is 0 Å². The van der Waals surface area contributed by atoms with Crippen LogP contribution in [0.5, 0.6) is 5.75 Å². The third-order valence-electron chi connectivity index (χ3n) is 2.36. The van der Waals surface area contributed by atoms with Crippen molar-refractivity contribution in [1.29, 1.82) is 0 Å². The number of anilines is 2. The van der Waals surface area contributed by atoms with E-state index in [9.17, 15) is 4.79 Å². The molecule has 0 radical (unpaired) electrons. The zero-order valence-corrected chi connectivity index (χ0v) is 13.9. The fourth-order valence-corrected chi connectivity index (χ4v) is 3.68. The average Bonchev–Trinajstić information content (AvgIpc) is 2.81. The summed E-state index contributed by atoms with van der Waals surface area (Å²) in [6.07, 6.45) is 0. The topological polar surface area (TPSA) is 64.3 Å². The van der Waals surface area contributed by atoms with Crippen LogP contribution in [-0.4, -0.2) is 13.0 Å². The Hall–Kier alpha value is -1.05. The molecule has 3 N–H and O–H groups in total. The molecule has 4 nitrogen and oxygen atoms in total. The van der Waals surface area contributed by atoms with E-state index in [-0.39, 0.29) is 5.91 Å². The molecule has 0 unspecified atom stereocenters. The zero-order valence-electron chi connectivity index (χ0n) is 9.87. The van der Waals surface area contributed by atoms with Crippen molar-refractivity contribution < 1.29 is 9.53 Å². The molecule has 0 spiro atoms. The minimum absolute atomic E-state index is 0.224. The molecule has 0 atom stereocenters. The molecule has 0 saturated heterocycles. The van der Waals surface area contributed by atoms with Gasteiger partial charge in [-0.15, -0.1) is 11.3 Å². The molecule has 1 amide bonds. The summed E-state index contributed by atoms with van der Waals surface area (Å²) in [4.78, 5) is 12.7. The van der Waals surface area contributed by atoms with Gasteiger partial charge in [-0.25, -0.2) is 0 Å². The molecule has 0 fully saturated rings. The van der Waals surface area contributed by atoms with E-state index in [0.717, 1.165) is 0 Å². The normalized spacial score (nSPS) is 10.3. The summed E-state index contributed by atoms with van der Waals surface area (Å²) in [5.41, 5.74) is 6.94. The Morgan fingerprint density at radius 2 is 2.00 bits per heavy atom. The van der Waals surface area contributed by atoms with Crippen molar-refractivity contribution >= 4 is 60.5 Å². The SMILES string of the molecule is COc1ccsc1C(=O)Nc1c(Br)cc(N)cc1Br. The number of ether oxygens (including phenoxy) is 1. The maximum absolute atomic E-state index is 12.2. The van der Waals surface area contributed by atoms with Crippen molar-refractivity contribution in [2.45, 2.75) is 0 Å². The van der Waals surface area contributed by atoms with E-state index in [1.165, 1.54) is 18.4 Å². The van der Waals surface area contributed by atoms with Gasteiger partial charge in [0.1, 0.15) is 10.6 Å². The van der Waals surface area contributed by atoms with Crippen LogP contribution in [0.3, 0.4) is 0 Å². The Kier molecular flexibility index (Phi) is 4.49. The Balaban J connectivity index is 2.29. The van der Waals surface area contributed by atoms with E-state index >= 15 is 0 Å². The van der Waals surface area contributed by atoms with Gasteiger partial charge in [0.2, 0.25) is 0 Å². The number of amides is 1. The first-order chi connectivity index (χ1) is 9.02. The lowest BCUT2D eigenvalue weighted by Crippen LogP contribution is -2.12. The zero-order chi connectivity index (χ0) is 14.0. The number of thiophene rings is 1. The van der Waals surface area contributed by atoms with E-state index in [4.69, 9.17) is 10.5 Å². The number of nitrogen functional groups attached to an aromatic ring is 1. The molecule has 2 aromatic rings. The second-order valence-electron chi connectivity index (χ2n) is 3.63. The minimum Gasteiger partial charge on any atom is -0.495 e. The first kappa shape index (κ1) is 14.4. The lowest BCUT2D eigenvalue weighted by Gasteiger charge is -2.10. The van der Waals surface area contributed by atoms with Gasteiger partial charge in [-0.05, 0) is 55.4 Å². The number of hydrogen-bond acceptors (Lipinski definition) is 4. The van der Waals surface area contributed by atoms with Gasteiger partial charge in [0, 0.05) is 14.6 Å². The molecule has 0 aliphatic carbocycles. The first-order valence-electron chi connectivity index (χ1n) is 5.20. The van der Waals surface area contributed by atoms with E-state index in [1.54, 1.807) is 23.6 Å². The molecule has 1 heterocycles. The Bertz CT molecular complexity index is 605. The number of nitrogens with two attached hydrogens (primary N) is 1. The summed E-state index contributed by atoms with van der Waals surface area (Å²) in [6.45, 7) is 0. The van der Waals surface area contributed by atoms with Crippen molar-refractivity contribution in [3.05, 3.63) is 37.4 Å². The van der Waals surface area contributed by atoms with Crippen LogP contribution in [0.25, 0.3) is 0 Å². The van der Waals surface area contributed by atoms with Gasteiger partial charge in [-0.2, -0.15) is 0 Å². The number of halogens is 2. The highest BCUT2D eigenvalue weighted by Gasteiger charge is 2.16. The van der Waals surface area contributed by atoms with E-state index < -0.39 is 0 Å². The number of hydrogen-bond donors (Lipinski definition) is 2. The summed E-state index contributed by atoms with van der Waals surface area (Å²) in [5, 5.41) is 4.63. The summed E-state index contributed by atoms with van der Waals surface area (Å²) >= 11 is 8.07. The minimum atomic E-state index is -0.224. The van der Waals surface area contributed by atoms with Gasteiger partial charge in [0.25, 0.3) is 5.91 Å². The number of nitrogens with one attached hydrogen (secondary N) is 1. The third kappa shape index (κ3) is 3.10. The highest BCUT2D eigenvalue weighted by Crippen LogP contribution is 2.34. The fraction of sp³-hybridized carbons (Fsp3) is 0.0833. The quantitative estimate of drug-likeness (QED) is 0.755. The molecule has 0 aliphatic rings. The van der Waals surface area contributed by atoms with Gasteiger partial charge in [0.05, 0.1) is 12.8 Å². The van der Waals surface area contributed by atoms with Gasteiger partial charge < -0.3 is 15.8 Å². The number of carbonyl (C=O) groups is 1. The summed E-state index contributed by atoms with van der Waals surface area (Å²) in [5.74, 6) is 0.336. The van der Waals surface area contributed by atoms with Crippen LogP contribution in [0.4, 0.5) is 11.4 Å². The highest BCUT2D eigenvalue weighted by molar-refractivity contribution is 9.11. The predicted octanol–water partition coefficient (Wildman–Crippen LogP) is 4.12. The standard InChI is InChI=1S/C12H10Br2N2O2S/c1-18-9-2-3-19-11(9)12(17)16-10-7(13)4-6(15)5-8(10)14/h2-5H,15H2,1H3,(H,16,17). The molecule has 19 heavy (non-hydrogen) atoms. The smallest absolute Gasteiger partial charge is 0.269 e. The fourth-order valence-electron chi connectivity index (χ4n) is 1.51. The van der Waals surface area contributed by atoms with Crippen molar-refractivity contribution in [3.63, 3.8) is 0 Å². The molecule has 7 heteroatoms. The molecule has 1 aromatic heterocycles. The van der Waals surface area contributed by atoms with Crippen LogP contribution in [0.1, 0.15) is 9.67 Å². The van der Waals surface area contributed by atoms with Gasteiger partial charge >= 0.3 is 0 Å². The molecule has 1 aromatic carbocycles. The van der Waals surface area contributed by atoms with Crippen molar-refractivity contribution in [2.75, 3.05) is 18.2 Å². The number of benzene rings is 1. The van der Waals surface area contributed by atoms with Crippen molar-refractivity contribution in [1.82, 2.24) is 0 Å². The van der Waals surface area contributed by atoms with E-state index in [1.807, 2.05) is 0 Å². The largest absolute Gasteiger partial charge is 0.495 e. The molecule has 0 saturated carbocycles. The van der Waals surface area contributed by atoms with Gasteiger partial charge in [0.15, 0.2) is 0 Å². The summed E-state index contributed by atoms with van der Waals surface area (Å²) in [6, 6.07) is 5.21. The van der Waals surface area contributed by atoms with Crippen LogP contribution in [0.15, 0.2) is 32.5 Å². The lowest BCUT2D eigenvalue weighted by atomic mass is 10.3. The lowest BCUT2D eigenvalue weighted by molar-refractivity contribution is 0.102. The van der Waals surface area contributed by atoms with Crippen molar-refractivity contribution in [3.8, 4) is 5.75 Å². The number of carbonyl (C=O) groups excluding carboxylic acids is 1. The molecular weight excluding hydrogens is 396 g/mol. The average molecular weight is 406 g/mol. The Morgan fingerprint density at radius 1 is 1.37 bits per heavy atom. The van der Waals surface area contributed by atoms with Crippen LogP contribution < -0.4 is 15.8 Å². The Labute approximate surface area is 131 Å². The second kappa shape index (κ2) is 5.94. The monoisotopic (exact) mass is 404 g/mol. The van der Waals surface area contributed by atoms with Gasteiger partial charge in [-0.1, -0.05) is 0 Å². The maximum Gasteiger partial charge on any atom is 0.269 e. The molecule has 0 aliphatic heterocycles. The number of methoxy groups -OCH3 is 1. The second-order valence-corrected chi connectivity index (χ2v) is 6.26.